The highest BCUT2D eigenvalue weighted by Gasteiger charge is 2.27. The Morgan fingerprint density at radius 1 is 1.21 bits per heavy atom. The number of amides is 1. The van der Waals surface area contributed by atoms with Crippen molar-refractivity contribution in [2.75, 3.05) is 19.6 Å². The molecule has 4 heterocycles. The molecule has 2 aromatic heterocycles. The van der Waals surface area contributed by atoms with Gasteiger partial charge in [0.05, 0.1) is 5.69 Å². The number of aromatic nitrogens is 4. The number of likely N-dealkylation sites (tertiary alicyclic amines) is 1. The molecule has 0 saturated carbocycles. The SMILES string of the molecule is Cc1ccc2nnc(C3CCN(CC4CCCC(=O)N4)CC3)n2n1. The third-order valence-corrected chi connectivity index (χ3v) is 5.17. The van der Waals surface area contributed by atoms with Crippen LogP contribution in [-0.2, 0) is 4.79 Å². The molecule has 0 aliphatic carbocycles. The largest absolute Gasteiger partial charge is 0.352 e. The summed E-state index contributed by atoms with van der Waals surface area (Å²) in [6.07, 6.45) is 4.94. The maximum Gasteiger partial charge on any atom is 0.220 e. The van der Waals surface area contributed by atoms with E-state index in [1.54, 1.807) is 0 Å². The Bertz CT molecular complexity index is 734. The fraction of sp³-hybridized carbons (Fsp3) is 0.647. The fourth-order valence-electron chi connectivity index (χ4n) is 3.86. The summed E-state index contributed by atoms with van der Waals surface area (Å²) in [5.74, 6) is 1.60. The van der Waals surface area contributed by atoms with E-state index in [0.717, 1.165) is 62.5 Å². The summed E-state index contributed by atoms with van der Waals surface area (Å²) in [5, 5.41) is 16.3. The third kappa shape index (κ3) is 3.13. The van der Waals surface area contributed by atoms with Gasteiger partial charge in [-0.05, 0) is 57.8 Å². The first-order chi connectivity index (χ1) is 11.7. The molecule has 1 amide bonds. The van der Waals surface area contributed by atoms with Crippen LogP contribution in [0.15, 0.2) is 12.1 Å². The van der Waals surface area contributed by atoms with Gasteiger partial charge in [-0.15, -0.1) is 10.2 Å². The fourth-order valence-corrected chi connectivity index (χ4v) is 3.86. The minimum atomic E-state index is 0.206. The first kappa shape index (κ1) is 15.5. The molecule has 2 aliphatic heterocycles. The first-order valence-electron chi connectivity index (χ1n) is 8.90. The summed E-state index contributed by atoms with van der Waals surface area (Å²) >= 11 is 0. The zero-order chi connectivity index (χ0) is 16.5. The van der Waals surface area contributed by atoms with Gasteiger partial charge in [-0.2, -0.15) is 9.61 Å². The van der Waals surface area contributed by atoms with Gasteiger partial charge in [0.2, 0.25) is 5.91 Å². The molecule has 4 rings (SSSR count). The van der Waals surface area contributed by atoms with E-state index >= 15 is 0 Å². The van der Waals surface area contributed by atoms with E-state index in [2.05, 4.69) is 25.5 Å². The Morgan fingerprint density at radius 2 is 2.04 bits per heavy atom. The Balaban J connectivity index is 1.38. The number of nitrogens with one attached hydrogen (secondary N) is 1. The lowest BCUT2D eigenvalue weighted by molar-refractivity contribution is -0.123. The lowest BCUT2D eigenvalue weighted by atomic mass is 9.95. The molecule has 24 heavy (non-hydrogen) atoms. The molecule has 128 valence electrons. The topological polar surface area (TPSA) is 75.4 Å². The molecule has 0 aromatic carbocycles. The van der Waals surface area contributed by atoms with Gasteiger partial charge in [-0.1, -0.05) is 0 Å². The lowest BCUT2D eigenvalue weighted by Crippen LogP contribution is -2.48. The van der Waals surface area contributed by atoms with Crippen LogP contribution in [0.3, 0.4) is 0 Å². The Hall–Kier alpha value is -2.02. The van der Waals surface area contributed by atoms with Crippen molar-refractivity contribution in [3.63, 3.8) is 0 Å². The summed E-state index contributed by atoms with van der Waals surface area (Å²) in [4.78, 5) is 14.0. The van der Waals surface area contributed by atoms with Crippen LogP contribution in [0.5, 0.6) is 0 Å². The molecular weight excluding hydrogens is 304 g/mol. The molecule has 2 fully saturated rings. The quantitative estimate of drug-likeness (QED) is 0.919. The third-order valence-electron chi connectivity index (χ3n) is 5.17. The highest BCUT2D eigenvalue weighted by atomic mass is 16.1. The van der Waals surface area contributed by atoms with Gasteiger partial charge in [-0.3, -0.25) is 4.79 Å². The summed E-state index contributed by atoms with van der Waals surface area (Å²) in [6, 6.07) is 4.26. The smallest absolute Gasteiger partial charge is 0.220 e. The van der Waals surface area contributed by atoms with E-state index in [-0.39, 0.29) is 5.91 Å². The number of aryl methyl sites for hydroxylation is 1. The van der Waals surface area contributed by atoms with Gasteiger partial charge in [0, 0.05) is 24.9 Å². The molecule has 1 N–H and O–H groups in total. The van der Waals surface area contributed by atoms with E-state index < -0.39 is 0 Å². The van der Waals surface area contributed by atoms with Crippen molar-refractivity contribution in [2.24, 2.45) is 0 Å². The molecule has 2 aliphatic rings. The molecule has 2 aromatic rings. The number of fused-ring (bicyclic) bond motifs is 1. The number of carbonyl (C=O) groups is 1. The van der Waals surface area contributed by atoms with Crippen LogP contribution in [0.25, 0.3) is 5.65 Å². The molecule has 1 atom stereocenters. The van der Waals surface area contributed by atoms with E-state index in [4.69, 9.17) is 0 Å². The summed E-state index contributed by atoms with van der Waals surface area (Å²) in [6.45, 7) is 5.04. The molecule has 0 spiro atoms. The average Bonchev–Trinajstić information content (AvgIpc) is 2.99. The highest BCUT2D eigenvalue weighted by Crippen LogP contribution is 2.27. The van der Waals surface area contributed by atoms with Crippen LogP contribution >= 0.6 is 0 Å². The van der Waals surface area contributed by atoms with Gasteiger partial charge in [-0.25, -0.2) is 0 Å². The molecule has 1 unspecified atom stereocenters. The first-order valence-corrected chi connectivity index (χ1v) is 8.90. The molecule has 2 saturated heterocycles. The van der Waals surface area contributed by atoms with E-state index in [1.807, 2.05) is 23.6 Å². The monoisotopic (exact) mass is 328 g/mol. The van der Waals surface area contributed by atoms with Crippen molar-refractivity contribution in [3.8, 4) is 0 Å². The van der Waals surface area contributed by atoms with Gasteiger partial charge < -0.3 is 10.2 Å². The summed E-state index contributed by atoms with van der Waals surface area (Å²) in [5.41, 5.74) is 1.80. The minimum absolute atomic E-state index is 0.206. The zero-order valence-electron chi connectivity index (χ0n) is 14.1. The zero-order valence-corrected chi connectivity index (χ0v) is 14.1. The number of rotatable bonds is 3. The van der Waals surface area contributed by atoms with Gasteiger partial charge in [0.15, 0.2) is 11.5 Å². The van der Waals surface area contributed by atoms with E-state index in [0.29, 0.717) is 18.4 Å². The van der Waals surface area contributed by atoms with E-state index in [1.165, 1.54) is 0 Å². The Kier molecular flexibility index (Phi) is 4.18. The van der Waals surface area contributed by atoms with Crippen LogP contribution in [0.4, 0.5) is 0 Å². The van der Waals surface area contributed by atoms with Crippen molar-refractivity contribution in [3.05, 3.63) is 23.7 Å². The molecule has 0 bridgehead atoms. The molecule has 0 radical (unpaired) electrons. The van der Waals surface area contributed by atoms with E-state index in [9.17, 15) is 4.79 Å². The average molecular weight is 328 g/mol. The predicted octanol–water partition coefficient (Wildman–Crippen LogP) is 1.28. The van der Waals surface area contributed by atoms with Crippen LogP contribution in [0, 0.1) is 6.92 Å². The second-order valence-corrected chi connectivity index (χ2v) is 7.03. The summed E-state index contributed by atoms with van der Waals surface area (Å²) in [7, 11) is 0. The number of nitrogens with zero attached hydrogens (tertiary/aromatic N) is 5. The van der Waals surface area contributed by atoms with Gasteiger partial charge in [0.25, 0.3) is 0 Å². The van der Waals surface area contributed by atoms with Crippen molar-refractivity contribution in [2.45, 2.75) is 51.0 Å². The summed E-state index contributed by atoms with van der Waals surface area (Å²) < 4.78 is 1.90. The van der Waals surface area contributed by atoms with Crippen molar-refractivity contribution in [1.29, 1.82) is 0 Å². The van der Waals surface area contributed by atoms with Crippen LogP contribution in [-0.4, -0.2) is 56.3 Å². The van der Waals surface area contributed by atoms with Gasteiger partial charge in [0.1, 0.15) is 0 Å². The van der Waals surface area contributed by atoms with Crippen LogP contribution in [0.1, 0.15) is 49.5 Å². The number of carbonyl (C=O) groups excluding carboxylic acids is 1. The van der Waals surface area contributed by atoms with Gasteiger partial charge >= 0.3 is 0 Å². The molecule has 7 heteroatoms. The lowest BCUT2D eigenvalue weighted by Gasteiger charge is -2.35. The highest BCUT2D eigenvalue weighted by molar-refractivity contribution is 5.76. The second kappa shape index (κ2) is 6.47. The second-order valence-electron chi connectivity index (χ2n) is 7.03. The minimum Gasteiger partial charge on any atom is -0.352 e. The Labute approximate surface area is 141 Å². The van der Waals surface area contributed by atoms with Crippen LogP contribution in [0.2, 0.25) is 0 Å². The number of piperidine rings is 2. The molecular formula is C17H24N6O. The maximum atomic E-state index is 11.5. The van der Waals surface area contributed by atoms with Crippen molar-refractivity contribution < 1.29 is 4.79 Å². The Morgan fingerprint density at radius 3 is 2.83 bits per heavy atom. The van der Waals surface area contributed by atoms with Crippen molar-refractivity contribution in [1.82, 2.24) is 30.0 Å². The maximum absolute atomic E-state index is 11.5. The number of hydrogen-bond acceptors (Lipinski definition) is 5. The molecule has 7 nitrogen and oxygen atoms in total. The standard InChI is InChI=1S/C17H24N6O/c1-12-5-6-15-19-20-17(23(15)21-12)13-7-9-22(10-8-13)11-14-3-2-4-16(24)18-14/h5-6,13-14H,2-4,7-11H2,1H3,(H,18,24). The van der Waals surface area contributed by atoms with Crippen molar-refractivity contribution >= 4 is 11.6 Å². The normalized spacial score (nSPS) is 23.5. The predicted molar refractivity (Wildman–Crippen MR) is 89.7 cm³/mol. The van der Waals surface area contributed by atoms with Crippen LogP contribution < -0.4 is 5.32 Å². The number of hydrogen-bond donors (Lipinski definition) is 1.